The van der Waals surface area contributed by atoms with E-state index in [9.17, 15) is 9.59 Å². The Balaban J connectivity index is 1.70. The van der Waals surface area contributed by atoms with Crippen LogP contribution in [0.5, 0.6) is 0 Å². The third-order valence-corrected chi connectivity index (χ3v) is 3.69. The molecule has 0 atom stereocenters. The van der Waals surface area contributed by atoms with Crippen LogP contribution in [0.2, 0.25) is 0 Å². The molecular formula is C14H16N4O3. The number of methoxy groups -OCH3 is 1. The number of carbonyl (C=O) groups is 2. The van der Waals surface area contributed by atoms with Crippen molar-refractivity contribution in [1.29, 1.82) is 0 Å². The molecule has 110 valence electrons. The molecule has 3 rings (SSSR count). The van der Waals surface area contributed by atoms with E-state index in [2.05, 4.69) is 14.9 Å². The molecule has 7 nitrogen and oxygen atoms in total. The highest BCUT2D eigenvalue weighted by atomic mass is 16.5. The third-order valence-electron chi connectivity index (χ3n) is 3.69. The van der Waals surface area contributed by atoms with Crippen LogP contribution >= 0.6 is 0 Å². The summed E-state index contributed by atoms with van der Waals surface area (Å²) in [4.78, 5) is 27.2. The Labute approximate surface area is 121 Å². The van der Waals surface area contributed by atoms with Crippen LogP contribution in [0.4, 0.5) is 4.79 Å². The molecule has 1 aliphatic rings. The van der Waals surface area contributed by atoms with Gasteiger partial charge in [-0.2, -0.15) is 5.10 Å². The number of amides is 2. The van der Waals surface area contributed by atoms with Crippen LogP contribution in [-0.4, -0.2) is 65.3 Å². The first-order valence-electron chi connectivity index (χ1n) is 6.74. The van der Waals surface area contributed by atoms with E-state index < -0.39 is 0 Å². The fourth-order valence-corrected chi connectivity index (χ4v) is 2.47. The molecule has 0 unspecified atom stereocenters. The van der Waals surface area contributed by atoms with E-state index in [4.69, 9.17) is 0 Å². The lowest BCUT2D eigenvalue weighted by Crippen LogP contribution is -2.50. The average molecular weight is 288 g/mol. The van der Waals surface area contributed by atoms with Crippen molar-refractivity contribution in [1.82, 2.24) is 20.0 Å². The second-order valence-electron chi connectivity index (χ2n) is 4.92. The summed E-state index contributed by atoms with van der Waals surface area (Å²) < 4.78 is 4.68. The van der Waals surface area contributed by atoms with E-state index in [0.717, 1.165) is 10.9 Å². The van der Waals surface area contributed by atoms with Gasteiger partial charge in [0, 0.05) is 37.1 Å². The number of H-pyrrole nitrogens is 1. The van der Waals surface area contributed by atoms with Gasteiger partial charge in [-0.25, -0.2) is 4.79 Å². The number of carbonyl (C=O) groups excluding carboxylic acids is 2. The van der Waals surface area contributed by atoms with Crippen molar-refractivity contribution < 1.29 is 14.3 Å². The van der Waals surface area contributed by atoms with Gasteiger partial charge in [0.05, 0.1) is 18.8 Å². The number of benzene rings is 1. The van der Waals surface area contributed by atoms with E-state index in [0.29, 0.717) is 31.7 Å². The first-order valence-corrected chi connectivity index (χ1v) is 6.74. The number of piperazine rings is 1. The minimum atomic E-state index is -0.346. The molecule has 21 heavy (non-hydrogen) atoms. The maximum absolute atomic E-state index is 12.5. The second kappa shape index (κ2) is 5.43. The molecule has 0 bridgehead atoms. The summed E-state index contributed by atoms with van der Waals surface area (Å²) in [5.41, 5.74) is 1.47. The molecule has 1 aromatic heterocycles. The zero-order valence-electron chi connectivity index (χ0n) is 11.7. The minimum absolute atomic E-state index is 0.0315. The predicted molar refractivity (Wildman–Crippen MR) is 76.0 cm³/mol. The lowest BCUT2D eigenvalue weighted by atomic mass is 10.1. The Hall–Kier alpha value is -2.57. The maximum atomic E-state index is 12.5. The number of ether oxygens (including phenoxy) is 1. The van der Waals surface area contributed by atoms with Crippen molar-refractivity contribution >= 4 is 22.9 Å². The van der Waals surface area contributed by atoms with E-state index in [1.54, 1.807) is 28.1 Å². The van der Waals surface area contributed by atoms with Gasteiger partial charge in [0.1, 0.15) is 0 Å². The number of aromatic amines is 1. The lowest BCUT2D eigenvalue weighted by molar-refractivity contribution is 0.0600. The molecule has 2 heterocycles. The number of hydrogen-bond acceptors (Lipinski definition) is 4. The molecule has 1 saturated heterocycles. The van der Waals surface area contributed by atoms with Crippen molar-refractivity contribution in [3.63, 3.8) is 0 Å². The number of hydrogen-bond donors (Lipinski definition) is 1. The van der Waals surface area contributed by atoms with Gasteiger partial charge in [0.2, 0.25) is 0 Å². The van der Waals surface area contributed by atoms with Crippen molar-refractivity contribution in [2.45, 2.75) is 0 Å². The quantitative estimate of drug-likeness (QED) is 0.852. The summed E-state index contributed by atoms with van der Waals surface area (Å²) in [5, 5.41) is 7.78. The van der Waals surface area contributed by atoms with Crippen LogP contribution in [0.3, 0.4) is 0 Å². The van der Waals surface area contributed by atoms with Gasteiger partial charge in [-0.1, -0.05) is 6.07 Å². The van der Waals surface area contributed by atoms with Crippen LogP contribution in [-0.2, 0) is 4.74 Å². The van der Waals surface area contributed by atoms with Crippen molar-refractivity contribution in [2.24, 2.45) is 0 Å². The van der Waals surface area contributed by atoms with Gasteiger partial charge in [-0.05, 0) is 12.1 Å². The third kappa shape index (κ3) is 2.54. The summed E-state index contributed by atoms with van der Waals surface area (Å²) >= 11 is 0. The zero-order valence-corrected chi connectivity index (χ0v) is 11.7. The van der Waals surface area contributed by atoms with E-state index in [1.165, 1.54) is 7.11 Å². The topological polar surface area (TPSA) is 78.5 Å². The Morgan fingerprint density at radius 1 is 1.19 bits per heavy atom. The van der Waals surface area contributed by atoms with Gasteiger partial charge in [-0.3, -0.25) is 9.89 Å². The standard InChI is InChI=1S/C14H16N4O3/c1-21-14(20)18-6-4-17(5-7-18)13(19)10-2-3-11-9-15-16-12(11)8-10/h2-3,8-9H,4-7H2,1H3,(H,15,16). The molecule has 1 fully saturated rings. The molecule has 0 saturated carbocycles. The largest absolute Gasteiger partial charge is 0.453 e. The van der Waals surface area contributed by atoms with E-state index >= 15 is 0 Å². The van der Waals surface area contributed by atoms with Crippen molar-refractivity contribution in [2.75, 3.05) is 33.3 Å². The molecule has 0 aliphatic carbocycles. The number of aromatic nitrogens is 2. The first-order chi connectivity index (χ1) is 10.2. The normalized spacial score (nSPS) is 15.3. The van der Waals surface area contributed by atoms with Crippen LogP contribution in [0.1, 0.15) is 10.4 Å². The molecule has 0 radical (unpaired) electrons. The number of nitrogens with one attached hydrogen (secondary N) is 1. The molecule has 2 aromatic rings. The van der Waals surface area contributed by atoms with E-state index in [-0.39, 0.29) is 12.0 Å². The van der Waals surface area contributed by atoms with Gasteiger partial charge in [-0.15, -0.1) is 0 Å². The zero-order chi connectivity index (χ0) is 14.8. The first kappa shape index (κ1) is 13.4. The molecular weight excluding hydrogens is 272 g/mol. The Morgan fingerprint density at radius 3 is 2.62 bits per heavy atom. The van der Waals surface area contributed by atoms with Gasteiger partial charge in [0.25, 0.3) is 5.91 Å². The highest BCUT2D eigenvalue weighted by Gasteiger charge is 2.25. The number of rotatable bonds is 1. The second-order valence-corrected chi connectivity index (χ2v) is 4.92. The van der Waals surface area contributed by atoms with Gasteiger partial charge in [0.15, 0.2) is 0 Å². The van der Waals surface area contributed by atoms with Crippen molar-refractivity contribution in [3.8, 4) is 0 Å². The molecule has 7 heteroatoms. The Morgan fingerprint density at radius 2 is 1.90 bits per heavy atom. The average Bonchev–Trinajstić information content (AvgIpc) is 3.01. The van der Waals surface area contributed by atoms with Crippen molar-refractivity contribution in [3.05, 3.63) is 30.0 Å². The van der Waals surface area contributed by atoms with Gasteiger partial charge < -0.3 is 14.5 Å². The molecule has 0 spiro atoms. The maximum Gasteiger partial charge on any atom is 0.409 e. The van der Waals surface area contributed by atoms with Gasteiger partial charge >= 0.3 is 6.09 Å². The summed E-state index contributed by atoms with van der Waals surface area (Å²) in [5.74, 6) is -0.0315. The highest BCUT2D eigenvalue weighted by molar-refractivity contribution is 5.97. The molecule has 1 aromatic carbocycles. The lowest BCUT2D eigenvalue weighted by Gasteiger charge is -2.33. The molecule has 1 N–H and O–H groups in total. The number of nitrogens with zero attached hydrogens (tertiary/aromatic N) is 3. The van der Waals surface area contributed by atoms with Crippen LogP contribution in [0.15, 0.2) is 24.4 Å². The smallest absolute Gasteiger partial charge is 0.409 e. The van der Waals surface area contributed by atoms with Crippen LogP contribution < -0.4 is 0 Å². The fraction of sp³-hybridized carbons (Fsp3) is 0.357. The fourth-order valence-electron chi connectivity index (χ4n) is 2.47. The summed E-state index contributed by atoms with van der Waals surface area (Å²) in [6, 6.07) is 5.47. The molecule has 1 aliphatic heterocycles. The summed E-state index contributed by atoms with van der Waals surface area (Å²) in [6.45, 7) is 2.00. The van der Waals surface area contributed by atoms with Crippen LogP contribution in [0, 0.1) is 0 Å². The number of fused-ring (bicyclic) bond motifs is 1. The minimum Gasteiger partial charge on any atom is -0.453 e. The summed E-state index contributed by atoms with van der Waals surface area (Å²) in [7, 11) is 1.36. The SMILES string of the molecule is COC(=O)N1CCN(C(=O)c2ccc3cn[nH]c3c2)CC1. The Kier molecular flexibility index (Phi) is 3.47. The predicted octanol–water partition coefficient (Wildman–Crippen LogP) is 1.09. The molecule has 2 amide bonds. The highest BCUT2D eigenvalue weighted by Crippen LogP contribution is 2.15. The monoisotopic (exact) mass is 288 g/mol. The summed E-state index contributed by atoms with van der Waals surface area (Å²) in [6.07, 6.45) is 1.37. The Bertz CT molecular complexity index is 674. The van der Waals surface area contributed by atoms with E-state index in [1.807, 2.05) is 6.07 Å². The van der Waals surface area contributed by atoms with Crippen LogP contribution in [0.25, 0.3) is 10.9 Å².